The summed E-state index contributed by atoms with van der Waals surface area (Å²) in [5, 5.41) is 25.2. The SMILES string of the molecule is CC(=O)O[C@@H]([C@H]1CCC2=C(O1)[C@H](NO)C1C3CCC4C(C)(C)C(OC5CNCCO5)CCC45C(C)C35CCC21C)C(C)(C)O. The summed E-state index contributed by atoms with van der Waals surface area (Å²) in [4.78, 5) is 12.0. The second kappa shape index (κ2) is 10.4. The first-order valence-electron chi connectivity index (χ1n) is 17.4. The molecular formula is C35H56N2O7. The minimum Gasteiger partial charge on any atom is -0.489 e. The summed E-state index contributed by atoms with van der Waals surface area (Å²) in [5.74, 6) is 2.37. The molecule has 44 heavy (non-hydrogen) atoms. The third-order valence-electron chi connectivity index (χ3n) is 14.4. The monoisotopic (exact) mass is 616 g/mol. The first kappa shape index (κ1) is 31.4. The molecule has 0 aromatic carbocycles. The molecule has 9 heteroatoms. The first-order valence-corrected chi connectivity index (χ1v) is 17.4. The molecule has 2 aliphatic heterocycles. The molecule has 2 spiro atoms. The van der Waals surface area contributed by atoms with Gasteiger partial charge in [0.15, 0.2) is 12.4 Å². The van der Waals surface area contributed by atoms with Gasteiger partial charge in [0.25, 0.3) is 0 Å². The Bertz CT molecular complexity index is 1190. The van der Waals surface area contributed by atoms with Gasteiger partial charge in [-0.25, -0.2) is 0 Å². The van der Waals surface area contributed by atoms with Gasteiger partial charge in [0.2, 0.25) is 0 Å². The van der Waals surface area contributed by atoms with Gasteiger partial charge >= 0.3 is 5.97 Å². The lowest BCUT2D eigenvalue weighted by Gasteiger charge is -2.60. The Kier molecular flexibility index (Phi) is 7.40. The summed E-state index contributed by atoms with van der Waals surface area (Å²) in [5.41, 5.74) is 3.40. The van der Waals surface area contributed by atoms with Gasteiger partial charge in [-0.2, -0.15) is 5.48 Å². The van der Waals surface area contributed by atoms with Crippen LogP contribution in [0.1, 0.15) is 99.8 Å². The first-order chi connectivity index (χ1) is 20.7. The summed E-state index contributed by atoms with van der Waals surface area (Å²) in [6.07, 6.45) is 7.20. The van der Waals surface area contributed by atoms with Crippen LogP contribution >= 0.6 is 0 Å². The van der Waals surface area contributed by atoms with Crippen LogP contribution in [0.2, 0.25) is 0 Å². The van der Waals surface area contributed by atoms with Gasteiger partial charge < -0.3 is 34.6 Å². The van der Waals surface area contributed by atoms with Gasteiger partial charge in [0.1, 0.15) is 11.9 Å². The van der Waals surface area contributed by atoms with Crippen molar-refractivity contribution >= 4 is 5.97 Å². The van der Waals surface area contributed by atoms with Crippen LogP contribution < -0.4 is 10.8 Å². The summed E-state index contributed by atoms with van der Waals surface area (Å²) in [6, 6.07) is -0.301. The number of carbonyl (C=O) groups excluding carboxylic acids is 1. The van der Waals surface area contributed by atoms with Crippen molar-refractivity contribution in [3.63, 3.8) is 0 Å². The zero-order chi connectivity index (χ0) is 31.4. The van der Waals surface area contributed by atoms with Gasteiger partial charge in [-0.05, 0) is 116 Å². The number of hydroxylamine groups is 1. The number of aliphatic hydroxyl groups is 1. The Labute approximate surface area is 263 Å². The lowest BCUT2D eigenvalue weighted by atomic mass is 9.46. The maximum Gasteiger partial charge on any atom is 0.303 e. The number of fused-ring (bicyclic) bond motifs is 3. The Morgan fingerprint density at radius 1 is 1.11 bits per heavy atom. The number of carbonyl (C=O) groups is 1. The lowest BCUT2D eigenvalue weighted by molar-refractivity contribution is -0.232. The van der Waals surface area contributed by atoms with E-state index in [-0.39, 0.29) is 40.6 Å². The molecule has 248 valence electrons. The van der Waals surface area contributed by atoms with Crippen molar-refractivity contribution in [1.82, 2.24) is 10.8 Å². The van der Waals surface area contributed by atoms with Crippen LogP contribution in [-0.2, 0) is 23.7 Å². The maximum atomic E-state index is 12.0. The fourth-order valence-corrected chi connectivity index (χ4v) is 12.8. The molecule has 12 atom stereocenters. The van der Waals surface area contributed by atoms with Gasteiger partial charge in [0.05, 0.1) is 24.4 Å². The predicted molar refractivity (Wildman–Crippen MR) is 163 cm³/mol. The van der Waals surface area contributed by atoms with E-state index < -0.39 is 23.8 Å². The number of nitrogens with one attached hydrogen (secondary N) is 2. The molecule has 4 saturated carbocycles. The van der Waals surface area contributed by atoms with E-state index in [4.69, 9.17) is 18.9 Å². The number of hydrogen-bond donors (Lipinski definition) is 4. The van der Waals surface area contributed by atoms with E-state index >= 15 is 0 Å². The van der Waals surface area contributed by atoms with E-state index in [1.165, 1.54) is 31.8 Å². The summed E-state index contributed by atoms with van der Waals surface area (Å²) in [6.45, 7) is 16.9. The number of esters is 1. The highest BCUT2D eigenvalue weighted by molar-refractivity contribution is 5.66. The van der Waals surface area contributed by atoms with E-state index in [0.717, 1.165) is 44.5 Å². The lowest BCUT2D eigenvalue weighted by Crippen LogP contribution is -2.57. The van der Waals surface area contributed by atoms with E-state index in [1.807, 2.05) is 0 Å². The highest BCUT2D eigenvalue weighted by Crippen LogP contribution is 2.89. The van der Waals surface area contributed by atoms with E-state index in [2.05, 4.69) is 38.5 Å². The molecule has 0 aromatic rings. The summed E-state index contributed by atoms with van der Waals surface area (Å²) < 4.78 is 25.0. The molecule has 5 fully saturated rings. The maximum absolute atomic E-state index is 12.0. The van der Waals surface area contributed by atoms with Crippen LogP contribution in [0.25, 0.3) is 0 Å². The van der Waals surface area contributed by atoms with Crippen molar-refractivity contribution in [3.05, 3.63) is 11.3 Å². The van der Waals surface area contributed by atoms with Crippen LogP contribution in [0.5, 0.6) is 0 Å². The smallest absolute Gasteiger partial charge is 0.303 e. The van der Waals surface area contributed by atoms with Crippen molar-refractivity contribution in [1.29, 1.82) is 0 Å². The molecule has 7 aliphatic rings. The second-order valence-corrected chi connectivity index (χ2v) is 16.8. The molecule has 5 aliphatic carbocycles. The zero-order valence-corrected chi connectivity index (χ0v) is 27.9. The third-order valence-corrected chi connectivity index (χ3v) is 14.4. The van der Waals surface area contributed by atoms with Crippen LogP contribution in [0.15, 0.2) is 11.3 Å². The molecule has 0 aromatic heterocycles. The highest BCUT2D eigenvalue weighted by atomic mass is 16.7. The van der Waals surface area contributed by atoms with Gasteiger partial charge in [-0.15, -0.1) is 0 Å². The standard InChI is InChI=1S/C35H56N2O7/c1-19-34-15-14-33(7)22-8-10-23(30(32(5,6)39)42-20(2)38)43-29(22)28(37-40)27(33)21(34)9-11-24-31(3,4)25(12-13-35(19,24)34)44-26-18-36-16-17-41-26/h19,21,23-28,30,36-37,39-40H,8-18H2,1-7H3/t19?,21?,23-,24?,25?,26?,27?,28-,30+,33?,34?,35?/m1/s1. The zero-order valence-electron chi connectivity index (χ0n) is 27.9. The minimum atomic E-state index is -1.25. The fraction of sp³-hybridized carbons (Fsp3) is 0.914. The highest BCUT2D eigenvalue weighted by Gasteiger charge is 2.85. The van der Waals surface area contributed by atoms with E-state index in [9.17, 15) is 15.1 Å². The predicted octanol–water partition coefficient (Wildman–Crippen LogP) is 4.70. The Hall–Kier alpha value is -1.23. The number of rotatable bonds is 6. The van der Waals surface area contributed by atoms with Gasteiger partial charge in [0, 0.05) is 20.0 Å². The molecule has 2 heterocycles. The molecule has 0 radical (unpaired) electrons. The molecule has 0 amide bonds. The quantitative estimate of drug-likeness (QED) is 0.249. The molecule has 7 rings (SSSR count). The summed E-state index contributed by atoms with van der Waals surface area (Å²) in [7, 11) is 0. The van der Waals surface area contributed by atoms with Crippen molar-refractivity contribution in [2.45, 2.75) is 136 Å². The molecule has 9 unspecified atom stereocenters. The van der Waals surface area contributed by atoms with Crippen LogP contribution in [0.4, 0.5) is 0 Å². The topological polar surface area (TPSA) is 119 Å². The largest absolute Gasteiger partial charge is 0.489 e. The molecule has 9 nitrogen and oxygen atoms in total. The molecule has 4 N–H and O–H groups in total. The Morgan fingerprint density at radius 3 is 2.55 bits per heavy atom. The van der Waals surface area contributed by atoms with Crippen molar-refractivity contribution < 1.29 is 34.1 Å². The van der Waals surface area contributed by atoms with Crippen LogP contribution in [-0.4, -0.2) is 72.2 Å². The van der Waals surface area contributed by atoms with Gasteiger partial charge in [-0.3, -0.25) is 4.79 Å². The Morgan fingerprint density at radius 2 is 1.89 bits per heavy atom. The van der Waals surface area contributed by atoms with Crippen molar-refractivity contribution in [2.75, 3.05) is 19.7 Å². The summed E-state index contributed by atoms with van der Waals surface area (Å²) >= 11 is 0. The number of hydrogen-bond acceptors (Lipinski definition) is 9. The average Bonchev–Trinajstić information content (AvgIpc) is 3.38. The van der Waals surface area contributed by atoms with Gasteiger partial charge in [-0.1, -0.05) is 27.7 Å². The molecular weight excluding hydrogens is 560 g/mol. The Balaban J connectivity index is 1.16. The normalized spacial score (nSPS) is 48.1. The second-order valence-electron chi connectivity index (χ2n) is 16.8. The molecule has 0 bridgehead atoms. The van der Waals surface area contributed by atoms with E-state index in [0.29, 0.717) is 36.2 Å². The molecule has 1 saturated heterocycles. The van der Waals surface area contributed by atoms with Crippen molar-refractivity contribution in [3.8, 4) is 0 Å². The number of ether oxygens (including phenoxy) is 4. The van der Waals surface area contributed by atoms with Crippen molar-refractivity contribution in [2.24, 2.45) is 45.3 Å². The number of allylic oxidation sites excluding steroid dienone is 1. The minimum absolute atomic E-state index is 0.0558. The number of morpholine rings is 1. The third kappa shape index (κ3) is 4.14. The average molecular weight is 617 g/mol. The van der Waals surface area contributed by atoms with Crippen LogP contribution in [0.3, 0.4) is 0 Å². The van der Waals surface area contributed by atoms with E-state index in [1.54, 1.807) is 13.8 Å². The fourth-order valence-electron chi connectivity index (χ4n) is 12.8. The van der Waals surface area contributed by atoms with Crippen LogP contribution in [0, 0.1) is 45.3 Å².